The lowest BCUT2D eigenvalue weighted by Crippen LogP contribution is -2.13. The molecule has 0 unspecified atom stereocenters. The molecule has 0 atom stereocenters. The second-order valence-electron chi connectivity index (χ2n) is 5.31. The van der Waals surface area contributed by atoms with E-state index >= 15 is 0 Å². The van der Waals surface area contributed by atoms with Crippen molar-refractivity contribution in [2.24, 2.45) is 5.73 Å². The van der Waals surface area contributed by atoms with Crippen LogP contribution in [0.3, 0.4) is 0 Å². The van der Waals surface area contributed by atoms with E-state index in [2.05, 4.69) is 0 Å². The monoisotopic (exact) mass is 329 g/mol. The summed E-state index contributed by atoms with van der Waals surface area (Å²) in [7, 11) is 0. The molecule has 0 aliphatic rings. The van der Waals surface area contributed by atoms with Crippen LogP contribution in [0.2, 0.25) is 0 Å². The topological polar surface area (TPSA) is 70.8 Å². The molecule has 0 heterocycles. The molecule has 0 saturated heterocycles. The Bertz CT molecular complexity index is 616. The van der Waals surface area contributed by atoms with Crippen molar-refractivity contribution >= 4 is 6.09 Å². The Morgan fingerprint density at radius 1 is 0.917 bits per heavy atom. The van der Waals surface area contributed by atoms with Crippen molar-refractivity contribution in [2.45, 2.75) is 19.4 Å². The normalized spacial score (nSPS) is 10.3. The lowest BCUT2D eigenvalue weighted by molar-refractivity contribution is 0.0889. The number of rotatable bonds is 10. The van der Waals surface area contributed by atoms with Gasteiger partial charge in [0, 0.05) is 0 Å². The molecule has 0 aliphatic carbocycles. The largest absolute Gasteiger partial charge is 0.491 e. The van der Waals surface area contributed by atoms with Crippen LogP contribution < -0.4 is 10.5 Å². The lowest BCUT2D eigenvalue weighted by atomic mass is 10.1. The smallest absolute Gasteiger partial charge is 0.404 e. The van der Waals surface area contributed by atoms with Crippen LogP contribution in [0, 0.1) is 0 Å². The summed E-state index contributed by atoms with van der Waals surface area (Å²) in [5.74, 6) is 0.812. The van der Waals surface area contributed by atoms with Gasteiger partial charge in [0.25, 0.3) is 0 Å². The number of benzene rings is 2. The number of carbonyl (C=O) groups excluding carboxylic acids is 1. The van der Waals surface area contributed by atoms with Gasteiger partial charge in [-0.25, -0.2) is 4.79 Å². The minimum absolute atomic E-state index is 0.327. The highest BCUT2D eigenvalue weighted by molar-refractivity contribution is 5.64. The zero-order chi connectivity index (χ0) is 17.0. The Morgan fingerprint density at radius 2 is 1.71 bits per heavy atom. The zero-order valence-electron chi connectivity index (χ0n) is 13.6. The summed E-state index contributed by atoms with van der Waals surface area (Å²) in [6.45, 7) is 1.95. The molecular weight excluding hydrogens is 306 g/mol. The third kappa shape index (κ3) is 7.15. The van der Waals surface area contributed by atoms with E-state index in [1.807, 2.05) is 54.6 Å². The summed E-state index contributed by atoms with van der Waals surface area (Å²) in [6.07, 6.45) is 0.796. The predicted octanol–water partition coefficient (Wildman–Crippen LogP) is 3.31. The van der Waals surface area contributed by atoms with E-state index < -0.39 is 6.09 Å². The van der Waals surface area contributed by atoms with E-state index in [1.54, 1.807) is 0 Å². The minimum atomic E-state index is -0.734. The summed E-state index contributed by atoms with van der Waals surface area (Å²) in [5.41, 5.74) is 7.20. The summed E-state index contributed by atoms with van der Waals surface area (Å²) in [6, 6.07) is 17.9. The fourth-order valence-electron chi connectivity index (χ4n) is 2.22. The molecule has 5 nitrogen and oxygen atoms in total. The van der Waals surface area contributed by atoms with Gasteiger partial charge in [0.1, 0.15) is 12.4 Å². The molecule has 0 aliphatic heterocycles. The molecule has 0 fully saturated rings. The SMILES string of the molecule is NC(=O)OCCCc1cccc(OCCOCc2ccccc2)c1. The van der Waals surface area contributed by atoms with Gasteiger partial charge >= 0.3 is 6.09 Å². The molecule has 2 aromatic rings. The molecule has 128 valence electrons. The number of hydrogen-bond acceptors (Lipinski definition) is 4. The fraction of sp³-hybridized carbons (Fsp3) is 0.316. The van der Waals surface area contributed by atoms with Gasteiger partial charge in [0.15, 0.2) is 0 Å². The highest BCUT2D eigenvalue weighted by Gasteiger charge is 2.00. The molecule has 2 N–H and O–H groups in total. The van der Waals surface area contributed by atoms with Crippen LogP contribution in [-0.2, 0) is 22.5 Å². The first-order valence-electron chi connectivity index (χ1n) is 7.99. The lowest BCUT2D eigenvalue weighted by Gasteiger charge is -2.09. The van der Waals surface area contributed by atoms with Crippen LogP contribution >= 0.6 is 0 Å². The summed E-state index contributed by atoms with van der Waals surface area (Å²) in [4.78, 5) is 10.5. The van der Waals surface area contributed by atoms with E-state index in [-0.39, 0.29) is 0 Å². The zero-order valence-corrected chi connectivity index (χ0v) is 13.6. The van der Waals surface area contributed by atoms with E-state index in [0.717, 1.165) is 29.7 Å². The van der Waals surface area contributed by atoms with Crippen LogP contribution in [0.15, 0.2) is 54.6 Å². The van der Waals surface area contributed by atoms with Gasteiger partial charge in [0.2, 0.25) is 0 Å². The molecular formula is C19H23NO4. The Kier molecular flexibility index (Phi) is 7.63. The van der Waals surface area contributed by atoms with Crippen molar-refractivity contribution in [3.63, 3.8) is 0 Å². The van der Waals surface area contributed by atoms with Crippen LogP contribution in [0.25, 0.3) is 0 Å². The van der Waals surface area contributed by atoms with Gasteiger partial charge in [-0.2, -0.15) is 0 Å². The Labute approximate surface area is 142 Å². The predicted molar refractivity (Wildman–Crippen MR) is 91.9 cm³/mol. The molecule has 0 bridgehead atoms. The molecule has 5 heteroatoms. The average Bonchev–Trinajstić information content (AvgIpc) is 2.60. The van der Waals surface area contributed by atoms with Gasteiger partial charge in [-0.3, -0.25) is 0 Å². The highest BCUT2D eigenvalue weighted by Crippen LogP contribution is 2.14. The van der Waals surface area contributed by atoms with Crippen molar-refractivity contribution < 1.29 is 19.0 Å². The van der Waals surface area contributed by atoms with Crippen molar-refractivity contribution in [3.05, 3.63) is 65.7 Å². The Morgan fingerprint density at radius 3 is 2.50 bits per heavy atom. The van der Waals surface area contributed by atoms with E-state index in [4.69, 9.17) is 19.9 Å². The average molecular weight is 329 g/mol. The molecule has 24 heavy (non-hydrogen) atoms. The van der Waals surface area contributed by atoms with E-state index in [0.29, 0.717) is 26.4 Å². The molecule has 2 rings (SSSR count). The molecule has 0 saturated carbocycles. The maximum Gasteiger partial charge on any atom is 0.404 e. The third-order valence-electron chi connectivity index (χ3n) is 3.36. The van der Waals surface area contributed by atoms with Crippen molar-refractivity contribution in [1.82, 2.24) is 0 Å². The number of hydrogen-bond donors (Lipinski definition) is 1. The van der Waals surface area contributed by atoms with Crippen molar-refractivity contribution in [2.75, 3.05) is 19.8 Å². The van der Waals surface area contributed by atoms with Crippen LogP contribution in [0.1, 0.15) is 17.5 Å². The highest BCUT2D eigenvalue weighted by atomic mass is 16.5. The van der Waals surface area contributed by atoms with Crippen LogP contribution in [0.5, 0.6) is 5.75 Å². The number of amides is 1. The number of primary amides is 1. The third-order valence-corrected chi connectivity index (χ3v) is 3.36. The number of ether oxygens (including phenoxy) is 3. The molecule has 0 aromatic heterocycles. The maximum atomic E-state index is 10.5. The van der Waals surface area contributed by atoms with Crippen LogP contribution in [0.4, 0.5) is 4.79 Å². The molecule has 1 amide bonds. The maximum absolute atomic E-state index is 10.5. The second kappa shape index (κ2) is 10.3. The first-order chi connectivity index (χ1) is 11.7. The fourth-order valence-corrected chi connectivity index (χ4v) is 2.22. The summed E-state index contributed by atoms with van der Waals surface area (Å²) < 4.78 is 16.0. The number of nitrogens with two attached hydrogens (primary N) is 1. The van der Waals surface area contributed by atoms with Gasteiger partial charge in [-0.05, 0) is 36.1 Å². The molecule has 0 spiro atoms. The summed E-state index contributed by atoms with van der Waals surface area (Å²) >= 11 is 0. The Hall–Kier alpha value is -2.53. The quantitative estimate of drug-likeness (QED) is 0.679. The van der Waals surface area contributed by atoms with E-state index in [1.165, 1.54) is 0 Å². The first-order valence-corrected chi connectivity index (χ1v) is 7.99. The van der Waals surface area contributed by atoms with E-state index in [9.17, 15) is 4.79 Å². The van der Waals surface area contributed by atoms with Gasteiger partial charge in [-0.15, -0.1) is 0 Å². The van der Waals surface area contributed by atoms with Crippen molar-refractivity contribution in [1.29, 1.82) is 0 Å². The number of aryl methyl sites for hydroxylation is 1. The minimum Gasteiger partial charge on any atom is -0.491 e. The second-order valence-corrected chi connectivity index (χ2v) is 5.31. The summed E-state index contributed by atoms with van der Waals surface area (Å²) in [5, 5.41) is 0. The van der Waals surface area contributed by atoms with Gasteiger partial charge < -0.3 is 19.9 Å². The van der Waals surface area contributed by atoms with Gasteiger partial charge in [-0.1, -0.05) is 42.5 Å². The first kappa shape index (κ1) is 17.8. The van der Waals surface area contributed by atoms with Gasteiger partial charge in [0.05, 0.1) is 19.8 Å². The standard InChI is InChI=1S/C19H23NO4/c20-19(21)24-11-5-9-16-8-4-10-18(14-16)23-13-12-22-15-17-6-2-1-3-7-17/h1-4,6-8,10,14H,5,9,11-13,15H2,(H2,20,21). The molecule has 0 radical (unpaired) electrons. The number of carbonyl (C=O) groups is 1. The van der Waals surface area contributed by atoms with Crippen LogP contribution in [-0.4, -0.2) is 25.9 Å². The Balaban J connectivity index is 1.63. The molecule has 2 aromatic carbocycles. The van der Waals surface area contributed by atoms with Crippen molar-refractivity contribution in [3.8, 4) is 5.75 Å².